The number of carbonyl (C=O) groups excluding carboxylic acids is 2. The van der Waals surface area contributed by atoms with E-state index in [1.54, 1.807) is 0 Å². The standard InChI is InChI=1S/C11H17NO3/c1-11(2,3)15-10(14)12-5-7-4-8(7)9(13)6-12/h7-8H,4-6H2,1-3H3/t7-,8+/m1/s1. The molecule has 2 aliphatic rings. The first-order chi connectivity index (χ1) is 6.87. The van der Waals surface area contributed by atoms with Gasteiger partial charge in [-0.2, -0.15) is 0 Å². The van der Waals surface area contributed by atoms with Gasteiger partial charge in [0, 0.05) is 12.5 Å². The molecule has 1 aliphatic carbocycles. The van der Waals surface area contributed by atoms with Crippen molar-refractivity contribution in [2.75, 3.05) is 13.1 Å². The number of Topliss-reactive ketones (excluding diaryl/α,β-unsaturated/α-hetero) is 1. The molecular formula is C11H17NO3. The minimum Gasteiger partial charge on any atom is -0.444 e. The van der Waals surface area contributed by atoms with Gasteiger partial charge >= 0.3 is 6.09 Å². The molecule has 4 nitrogen and oxygen atoms in total. The van der Waals surface area contributed by atoms with E-state index >= 15 is 0 Å². The molecule has 0 N–H and O–H groups in total. The molecule has 2 rings (SSSR count). The lowest BCUT2D eigenvalue weighted by molar-refractivity contribution is -0.123. The van der Waals surface area contributed by atoms with Gasteiger partial charge in [-0.3, -0.25) is 4.79 Å². The summed E-state index contributed by atoms with van der Waals surface area (Å²) in [4.78, 5) is 24.7. The van der Waals surface area contributed by atoms with Gasteiger partial charge in [-0.1, -0.05) is 0 Å². The number of piperidine rings is 1. The molecule has 0 bridgehead atoms. The van der Waals surface area contributed by atoms with Gasteiger partial charge in [-0.25, -0.2) is 4.79 Å². The van der Waals surface area contributed by atoms with Crippen LogP contribution in [0.25, 0.3) is 0 Å². The summed E-state index contributed by atoms with van der Waals surface area (Å²) in [5.41, 5.74) is -0.486. The maximum Gasteiger partial charge on any atom is 0.410 e. The normalized spacial score (nSPS) is 29.8. The fourth-order valence-electron chi connectivity index (χ4n) is 1.96. The number of nitrogens with zero attached hydrogens (tertiary/aromatic N) is 1. The van der Waals surface area contributed by atoms with Crippen LogP contribution in [0.3, 0.4) is 0 Å². The summed E-state index contributed by atoms with van der Waals surface area (Å²) in [6.07, 6.45) is 0.596. The van der Waals surface area contributed by atoms with Crippen molar-refractivity contribution < 1.29 is 14.3 Å². The number of ether oxygens (including phenoxy) is 1. The van der Waals surface area contributed by atoms with E-state index < -0.39 is 5.60 Å². The summed E-state index contributed by atoms with van der Waals surface area (Å²) in [5.74, 6) is 0.833. The molecule has 1 aliphatic heterocycles. The third kappa shape index (κ3) is 2.30. The Morgan fingerprint density at radius 2 is 2.13 bits per heavy atom. The van der Waals surface area contributed by atoms with Crippen LogP contribution in [0.4, 0.5) is 4.79 Å². The Hall–Kier alpha value is -1.06. The van der Waals surface area contributed by atoms with Crippen LogP contribution in [-0.2, 0) is 9.53 Å². The van der Waals surface area contributed by atoms with Crippen molar-refractivity contribution >= 4 is 11.9 Å². The molecule has 84 valence electrons. The van der Waals surface area contributed by atoms with E-state index in [2.05, 4.69) is 0 Å². The van der Waals surface area contributed by atoms with E-state index in [9.17, 15) is 9.59 Å². The number of likely N-dealkylation sites (tertiary alicyclic amines) is 1. The molecule has 1 saturated heterocycles. The Balaban J connectivity index is 1.93. The average Bonchev–Trinajstić information content (AvgIpc) is 2.79. The van der Waals surface area contributed by atoms with Gasteiger partial charge < -0.3 is 9.64 Å². The second kappa shape index (κ2) is 3.22. The number of hydrogen-bond donors (Lipinski definition) is 0. The number of fused-ring (bicyclic) bond motifs is 1. The molecule has 0 unspecified atom stereocenters. The molecule has 2 atom stereocenters. The number of ketones is 1. The van der Waals surface area contributed by atoms with Gasteiger partial charge in [0.1, 0.15) is 5.60 Å². The highest BCUT2D eigenvalue weighted by molar-refractivity contribution is 5.89. The zero-order valence-corrected chi connectivity index (χ0v) is 9.45. The Morgan fingerprint density at radius 3 is 2.67 bits per heavy atom. The molecule has 0 aromatic carbocycles. The minimum absolute atomic E-state index is 0.192. The van der Waals surface area contributed by atoms with Crippen LogP contribution in [0, 0.1) is 11.8 Å². The summed E-state index contributed by atoms with van der Waals surface area (Å²) in [6.45, 7) is 6.41. The first kappa shape index (κ1) is 10.5. The minimum atomic E-state index is -0.486. The first-order valence-corrected chi connectivity index (χ1v) is 5.37. The van der Waals surface area contributed by atoms with Gasteiger partial charge in [0.25, 0.3) is 0 Å². The Labute approximate surface area is 89.6 Å². The molecule has 1 heterocycles. The Morgan fingerprint density at radius 1 is 1.47 bits per heavy atom. The zero-order valence-electron chi connectivity index (χ0n) is 9.45. The average molecular weight is 211 g/mol. The second-order valence-electron chi connectivity index (χ2n) is 5.43. The maximum absolute atomic E-state index is 11.7. The summed E-state index contributed by atoms with van der Waals surface area (Å²) >= 11 is 0. The Bertz CT molecular complexity index is 305. The number of carbonyl (C=O) groups is 2. The molecule has 2 fully saturated rings. The molecule has 15 heavy (non-hydrogen) atoms. The fourth-order valence-corrected chi connectivity index (χ4v) is 1.96. The SMILES string of the molecule is CC(C)(C)OC(=O)N1CC(=O)[C@H]2C[C@@H]2C1. The molecule has 0 aromatic rings. The smallest absolute Gasteiger partial charge is 0.410 e. The largest absolute Gasteiger partial charge is 0.444 e. The quantitative estimate of drug-likeness (QED) is 0.609. The molecule has 1 amide bonds. The van der Waals surface area contributed by atoms with E-state index in [4.69, 9.17) is 4.74 Å². The molecule has 0 aromatic heterocycles. The van der Waals surface area contributed by atoms with Crippen molar-refractivity contribution in [2.24, 2.45) is 11.8 Å². The summed E-state index contributed by atoms with van der Waals surface area (Å²) in [6, 6.07) is 0. The maximum atomic E-state index is 11.7. The van der Waals surface area contributed by atoms with Gasteiger partial charge in [0.2, 0.25) is 0 Å². The molecule has 0 radical (unpaired) electrons. The lowest BCUT2D eigenvalue weighted by Crippen LogP contribution is -2.44. The van der Waals surface area contributed by atoms with E-state index in [-0.39, 0.29) is 24.3 Å². The molecule has 1 saturated carbocycles. The van der Waals surface area contributed by atoms with E-state index in [1.807, 2.05) is 20.8 Å². The number of rotatable bonds is 0. The highest BCUT2D eigenvalue weighted by atomic mass is 16.6. The van der Waals surface area contributed by atoms with Crippen molar-refractivity contribution in [1.29, 1.82) is 0 Å². The highest BCUT2D eigenvalue weighted by Crippen LogP contribution is 2.42. The van der Waals surface area contributed by atoms with E-state index in [0.29, 0.717) is 12.5 Å². The second-order valence-corrected chi connectivity index (χ2v) is 5.43. The van der Waals surface area contributed by atoms with Crippen LogP contribution >= 0.6 is 0 Å². The summed E-state index contributed by atoms with van der Waals surface area (Å²) in [5, 5.41) is 0. The van der Waals surface area contributed by atoms with Crippen molar-refractivity contribution in [3.63, 3.8) is 0 Å². The summed E-state index contributed by atoms with van der Waals surface area (Å²) in [7, 11) is 0. The topological polar surface area (TPSA) is 46.6 Å². The molecule has 0 spiro atoms. The highest BCUT2D eigenvalue weighted by Gasteiger charge is 2.49. The third-order valence-corrected chi connectivity index (χ3v) is 2.79. The monoisotopic (exact) mass is 211 g/mol. The van der Waals surface area contributed by atoms with E-state index in [0.717, 1.165) is 6.42 Å². The molecule has 4 heteroatoms. The van der Waals surface area contributed by atoms with Crippen LogP contribution in [0.5, 0.6) is 0 Å². The van der Waals surface area contributed by atoms with Gasteiger partial charge in [0.15, 0.2) is 5.78 Å². The zero-order chi connectivity index (χ0) is 11.2. The predicted octanol–water partition coefficient (Wildman–Crippen LogP) is 1.44. The third-order valence-electron chi connectivity index (χ3n) is 2.79. The van der Waals surface area contributed by atoms with Crippen LogP contribution in [0.2, 0.25) is 0 Å². The lowest BCUT2D eigenvalue weighted by atomic mass is 10.1. The molecular weight excluding hydrogens is 194 g/mol. The Kier molecular flexibility index (Phi) is 2.24. The van der Waals surface area contributed by atoms with Gasteiger partial charge in [-0.05, 0) is 33.1 Å². The van der Waals surface area contributed by atoms with Crippen LogP contribution < -0.4 is 0 Å². The van der Waals surface area contributed by atoms with Crippen molar-refractivity contribution in [2.45, 2.75) is 32.8 Å². The van der Waals surface area contributed by atoms with Crippen LogP contribution in [0.15, 0.2) is 0 Å². The van der Waals surface area contributed by atoms with E-state index in [1.165, 1.54) is 4.90 Å². The number of hydrogen-bond acceptors (Lipinski definition) is 3. The predicted molar refractivity (Wildman–Crippen MR) is 54.4 cm³/mol. The van der Waals surface area contributed by atoms with Crippen LogP contribution in [-0.4, -0.2) is 35.5 Å². The number of amides is 1. The van der Waals surface area contributed by atoms with Gasteiger partial charge in [-0.15, -0.1) is 0 Å². The van der Waals surface area contributed by atoms with Gasteiger partial charge in [0.05, 0.1) is 6.54 Å². The summed E-state index contributed by atoms with van der Waals surface area (Å²) < 4.78 is 5.23. The fraction of sp³-hybridized carbons (Fsp3) is 0.818. The van der Waals surface area contributed by atoms with Crippen molar-refractivity contribution in [3.8, 4) is 0 Å². The lowest BCUT2D eigenvalue weighted by Gasteiger charge is -2.29. The van der Waals surface area contributed by atoms with Crippen LogP contribution in [0.1, 0.15) is 27.2 Å². The first-order valence-electron chi connectivity index (χ1n) is 5.37. The van der Waals surface area contributed by atoms with Crippen molar-refractivity contribution in [1.82, 2.24) is 4.90 Å². The van der Waals surface area contributed by atoms with Crippen molar-refractivity contribution in [3.05, 3.63) is 0 Å².